The summed E-state index contributed by atoms with van der Waals surface area (Å²) in [6, 6.07) is 11.2. The molecular weight excluding hydrogens is 234 g/mol. The Kier molecular flexibility index (Phi) is 5.01. The molecule has 0 bridgehead atoms. The van der Waals surface area contributed by atoms with E-state index in [0.29, 0.717) is 6.04 Å². The zero-order valence-electron chi connectivity index (χ0n) is 11.8. The predicted octanol–water partition coefficient (Wildman–Crippen LogP) is 3.92. The van der Waals surface area contributed by atoms with Crippen LogP contribution in [0.3, 0.4) is 0 Å². The van der Waals surface area contributed by atoms with Gasteiger partial charge in [-0.25, -0.2) is 0 Å². The van der Waals surface area contributed by atoms with E-state index >= 15 is 0 Å². The molecule has 2 rings (SSSR count). The number of nitrogens with one attached hydrogen (secondary N) is 1. The van der Waals surface area contributed by atoms with Crippen molar-refractivity contribution in [3.8, 4) is 0 Å². The number of hydrogen-bond donors (Lipinski definition) is 1. The zero-order chi connectivity index (χ0) is 13.5. The molecule has 0 aliphatic carbocycles. The van der Waals surface area contributed by atoms with Crippen LogP contribution >= 0.6 is 0 Å². The first-order valence-electron chi connectivity index (χ1n) is 7.14. The first-order chi connectivity index (χ1) is 9.31. The highest BCUT2D eigenvalue weighted by molar-refractivity contribution is 5.46. The van der Waals surface area contributed by atoms with Crippen LogP contribution in [0.4, 0.5) is 5.69 Å². The Labute approximate surface area is 115 Å². The van der Waals surface area contributed by atoms with E-state index in [2.05, 4.69) is 48.5 Å². The molecule has 0 radical (unpaired) electrons. The summed E-state index contributed by atoms with van der Waals surface area (Å²) in [5.41, 5.74) is 2.49. The van der Waals surface area contributed by atoms with Gasteiger partial charge in [0.05, 0.1) is 6.54 Å². The Bertz CT molecular complexity index is 476. The molecule has 3 nitrogen and oxygen atoms in total. The topological polar surface area (TPSA) is 29.9 Å². The Balaban J connectivity index is 2.02. The third-order valence-corrected chi connectivity index (χ3v) is 3.33. The van der Waals surface area contributed by atoms with Crippen molar-refractivity contribution >= 4 is 5.69 Å². The molecule has 0 aliphatic heterocycles. The molecule has 1 aromatic heterocycles. The maximum atomic E-state index is 4.24. The molecule has 1 heterocycles. The van der Waals surface area contributed by atoms with Crippen molar-refractivity contribution in [2.24, 2.45) is 0 Å². The molecule has 1 aromatic carbocycles. The molecule has 0 aliphatic rings. The number of rotatable bonds is 7. The van der Waals surface area contributed by atoms with Gasteiger partial charge in [-0.15, -0.1) is 0 Å². The van der Waals surface area contributed by atoms with Gasteiger partial charge in [0.2, 0.25) is 0 Å². The van der Waals surface area contributed by atoms with Gasteiger partial charge in [0, 0.05) is 24.1 Å². The number of hydrogen-bond acceptors (Lipinski definition) is 2. The lowest BCUT2D eigenvalue weighted by Crippen LogP contribution is -2.18. The molecule has 0 spiro atoms. The summed E-state index contributed by atoms with van der Waals surface area (Å²) in [7, 11) is 0. The minimum Gasteiger partial charge on any atom is -0.382 e. The van der Waals surface area contributed by atoms with Gasteiger partial charge in [0.1, 0.15) is 0 Å². The van der Waals surface area contributed by atoms with Crippen molar-refractivity contribution in [2.45, 2.75) is 45.7 Å². The molecule has 0 fully saturated rings. The molecule has 1 N–H and O–H groups in total. The Hall–Kier alpha value is -1.77. The summed E-state index contributed by atoms with van der Waals surface area (Å²) in [5, 5.41) is 7.86. The van der Waals surface area contributed by atoms with Crippen LogP contribution in [0.25, 0.3) is 0 Å². The van der Waals surface area contributed by atoms with Crippen molar-refractivity contribution in [2.75, 3.05) is 5.32 Å². The van der Waals surface area contributed by atoms with Crippen LogP contribution in [0.15, 0.2) is 42.7 Å². The fourth-order valence-corrected chi connectivity index (χ4v) is 2.30. The summed E-state index contributed by atoms with van der Waals surface area (Å²) in [4.78, 5) is 0. The third-order valence-electron chi connectivity index (χ3n) is 3.33. The van der Waals surface area contributed by atoms with E-state index in [1.54, 1.807) is 0 Å². The molecule has 2 aromatic rings. The summed E-state index contributed by atoms with van der Waals surface area (Å²) in [6.07, 6.45) is 7.41. The van der Waals surface area contributed by atoms with Crippen LogP contribution in [-0.4, -0.2) is 15.8 Å². The smallest absolute Gasteiger partial charge is 0.0660 e. The van der Waals surface area contributed by atoms with E-state index in [-0.39, 0.29) is 0 Å². The van der Waals surface area contributed by atoms with E-state index in [1.807, 2.05) is 23.1 Å². The average Bonchev–Trinajstić information content (AvgIpc) is 2.91. The van der Waals surface area contributed by atoms with Crippen molar-refractivity contribution in [3.63, 3.8) is 0 Å². The van der Waals surface area contributed by atoms with E-state index < -0.39 is 0 Å². The molecule has 19 heavy (non-hydrogen) atoms. The lowest BCUT2D eigenvalue weighted by molar-refractivity contribution is 0.622. The van der Waals surface area contributed by atoms with Crippen LogP contribution in [-0.2, 0) is 6.54 Å². The van der Waals surface area contributed by atoms with Crippen LogP contribution in [0.1, 0.15) is 38.7 Å². The fraction of sp³-hybridized carbons (Fsp3) is 0.438. The number of aromatic nitrogens is 2. The minimum absolute atomic E-state index is 0.574. The quantitative estimate of drug-likeness (QED) is 0.814. The first kappa shape index (κ1) is 13.7. The average molecular weight is 257 g/mol. The zero-order valence-corrected chi connectivity index (χ0v) is 11.8. The van der Waals surface area contributed by atoms with Gasteiger partial charge in [-0.05, 0) is 36.6 Å². The molecule has 0 amide bonds. The third kappa shape index (κ3) is 4.12. The van der Waals surface area contributed by atoms with E-state index in [4.69, 9.17) is 0 Å². The lowest BCUT2D eigenvalue weighted by atomic mass is 10.1. The lowest BCUT2D eigenvalue weighted by Gasteiger charge is -2.18. The van der Waals surface area contributed by atoms with Crippen molar-refractivity contribution in [1.29, 1.82) is 0 Å². The Morgan fingerprint density at radius 3 is 2.84 bits per heavy atom. The minimum atomic E-state index is 0.574. The van der Waals surface area contributed by atoms with Gasteiger partial charge >= 0.3 is 0 Å². The van der Waals surface area contributed by atoms with Gasteiger partial charge in [-0.1, -0.05) is 32.4 Å². The maximum absolute atomic E-state index is 4.24. The Morgan fingerprint density at radius 1 is 1.26 bits per heavy atom. The first-order valence-corrected chi connectivity index (χ1v) is 7.14. The van der Waals surface area contributed by atoms with Gasteiger partial charge in [-0.3, -0.25) is 4.68 Å². The van der Waals surface area contributed by atoms with E-state index in [1.165, 1.54) is 24.1 Å². The molecule has 3 heteroatoms. The molecule has 1 atom stereocenters. The van der Waals surface area contributed by atoms with Gasteiger partial charge in [0.25, 0.3) is 0 Å². The highest BCUT2D eigenvalue weighted by atomic mass is 15.3. The van der Waals surface area contributed by atoms with Crippen LogP contribution < -0.4 is 5.32 Å². The highest BCUT2D eigenvalue weighted by Crippen LogP contribution is 2.15. The normalized spacial score (nSPS) is 12.3. The van der Waals surface area contributed by atoms with Gasteiger partial charge < -0.3 is 5.32 Å². The SMILES string of the molecule is CCCC(CC)Nc1cccc(Cn2cccn2)c1. The number of benzene rings is 1. The number of nitrogens with zero attached hydrogens (tertiary/aromatic N) is 2. The van der Waals surface area contributed by atoms with Gasteiger partial charge in [-0.2, -0.15) is 5.10 Å². The summed E-state index contributed by atoms with van der Waals surface area (Å²) < 4.78 is 1.95. The van der Waals surface area contributed by atoms with Crippen LogP contribution in [0, 0.1) is 0 Å². The maximum Gasteiger partial charge on any atom is 0.0660 e. The molecule has 1 unspecified atom stereocenters. The largest absolute Gasteiger partial charge is 0.382 e. The summed E-state index contributed by atoms with van der Waals surface area (Å²) in [6.45, 7) is 5.30. The predicted molar refractivity (Wildman–Crippen MR) is 80.4 cm³/mol. The van der Waals surface area contributed by atoms with Gasteiger partial charge in [0.15, 0.2) is 0 Å². The van der Waals surface area contributed by atoms with Crippen LogP contribution in [0.5, 0.6) is 0 Å². The second-order valence-electron chi connectivity index (χ2n) is 4.94. The van der Waals surface area contributed by atoms with Crippen molar-refractivity contribution < 1.29 is 0 Å². The molecule has 102 valence electrons. The fourth-order valence-electron chi connectivity index (χ4n) is 2.30. The van der Waals surface area contributed by atoms with Crippen LogP contribution in [0.2, 0.25) is 0 Å². The molecular formula is C16H23N3. The standard InChI is InChI=1S/C16H23N3/c1-3-7-15(4-2)18-16-9-5-8-14(12-16)13-19-11-6-10-17-19/h5-6,8-12,15,18H,3-4,7,13H2,1-2H3. The van der Waals surface area contributed by atoms with Crippen molar-refractivity contribution in [3.05, 3.63) is 48.3 Å². The molecule has 0 saturated carbocycles. The monoisotopic (exact) mass is 257 g/mol. The highest BCUT2D eigenvalue weighted by Gasteiger charge is 2.05. The van der Waals surface area contributed by atoms with E-state index in [0.717, 1.165) is 13.0 Å². The molecule has 0 saturated heterocycles. The number of anilines is 1. The summed E-state index contributed by atoms with van der Waals surface area (Å²) in [5.74, 6) is 0. The summed E-state index contributed by atoms with van der Waals surface area (Å²) >= 11 is 0. The van der Waals surface area contributed by atoms with E-state index in [9.17, 15) is 0 Å². The van der Waals surface area contributed by atoms with Crippen molar-refractivity contribution in [1.82, 2.24) is 9.78 Å². The Morgan fingerprint density at radius 2 is 2.16 bits per heavy atom. The second-order valence-corrected chi connectivity index (χ2v) is 4.94. The second kappa shape index (κ2) is 6.98.